The van der Waals surface area contributed by atoms with Gasteiger partial charge < -0.3 is 9.13 Å². The number of hydrogen-bond donors (Lipinski definition) is 0. The van der Waals surface area contributed by atoms with Crippen LogP contribution in [0.4, 0.5) is 0 Å². The zero-order chi connectivity index (χ0) is 37.0. The number of pyridine rings is 1. The Balaban J connectivity index is 0.984. The maximum Gasteiger partial charge on any atom is 0.0709 e. The van der Waals surface area contributed by atoms with Crippen LogP contribution in [0.1, 0.15) is 0 Å². The molecule has 3 heteroatoms. The van der Waals surface area contributed by atoms with Crippen molar-refractivity contribution in [3.63, 3.8) is 0 Å². The SMILES string of the molecule is c1cc(-c2cccc(-c3cccc(-c4ccccc4-n4c5ccccc5c5ccccc54)c3)n2)cc(-c2ccccc2-n2c3ccccc3c3ccccc32)c1. The van der Waals surface area contributed by atoms with Crippen molar-refractivity contribution in [2.24, 2.45) is 0 Å². The second kappa shape index (κ2) is 13.1. The van der Waals surface area contributed by atoms with Crippen LogP contribution in [0, 0.1) is 0 Å². The summed E-state index contributed by atoms with van der Waals surface area (Å²) in [6, 6.07) is 76.1. The molecule has 0 unspecified atom stereocenters. The van der Waals surface area contributed by atoms with Crippen molar-refractivity contribution >= 4 is 43.6 Å². The minimum absolute atomic E-state index is 0.940. The molecule has 0 radical (unpaired) electrons. The average Bonchev–Trinajstić information content (AvgIpc) is 3.79. The molecule has 0 spiro atoms. The second-order valence-corrected chi connectivity index (χ2v) is 14.3. The van der Waals surface area contributed by atoms with E-state index < -0.39 is 0 Å². The highest BCUT2D eigenvalue weighted by atomic mass is 15.0. The molecule has 0 N–H and O–H groups in total. The van der Waals surface area contributed by atoms with Gasteiger partial charge in [-0.05, 0) is 71.8 Å². The third-order valence-corrected chi connectivity index (χ3v) is 11.1. The maximum absolute atomic E-state index is 5.28. The van der Waals surface area contributed by atoms with Gasteiger partial charge in [0.2, 0.25) is 0 Å². The molecule has 11 aromatic rings. The molecule has 3 heterocycles. The van der Waals surface area contributed by atoms with Crippen LogP contribution in [0.15, 0.2) is 212 Å². The van der Waals surface area contributed by atoms with Crippen molar-refractivity contribution < 1.29 is 0 Å². The molecule has 0 amide bonds. The lowest BCUT2D eigenvalue weighted by Gasteiger charge is -2.15. The van der Waals surface area contributed by atoms with E-state index in [9.17, 15) is 0 Å². The van der Waals surface area contributed by atoms with E-state index in [0.29, 0.717) is 0 Å². The molecule has 262 valence electrons. The largest absolute Gasteiger partial charge is 0.309 e. The Hall–Kier alpha value is -7.49. The molecule has 0 aliphatic carbocycles. The molecule has 8 aromatic carbocycles. The number of hydrogen-bond acceptors (Lipinski definition) is 1. The van der Waals surface area contributed by atoms with Crippen molar-refractivity contribution in [2.75, 3.05) is 0 Å². The first-order valence-corrected chi connectivity index (χ1v) is 19.1. The average molecular weight is 714 g/mol. The van der Waals surface area contributed by atoms with Crippen LogP contribution in [0.5, 0.6) is 0 Å². The Morgan fingerprint density at radius 1 is 0.268 bits per heavy atom. The Morgan fingerprint density at radius 2 is 0.589 bits per heavy atom. The van der Waals surface area contributed by atoms with Crippen LogP contribution in [0.2, 0.25) is 0 Å². The van der Waals surface area contributed by atoms with E-state index in [1.807, 2.05) is 0 Å². The Kier molecular flexibility index (Phi) is 7.49. The van der Waals surface area contributed by atoms with Crippen molar-refractivity contribution in [1.29, 1.82) is 0 Å². The van der Waals surface area contributed by atoms with Crippen LogP contribution in [-0.4, -0.2) is 14.1 Å². The minimum Gasteiger partial charge on any atom is -0.309 e. The number of fused-ring (bicyclic) bond motifs is 6. The normalized spacial score (nSPS) is 11.6. The Morgan fingerprint density at radius 3 is 1.00 bits per heavy atom. The summed E-state index contributed by atoms with van der Waals surface area (Å²) >= 11 is 0. The van der Waals surface area contributed by atoms with Crippen molar-refractivity contribution in [2.45, 2.75) is 0 Å². The highest BCUT2D eigenvalue weighted by molar-refractivity contribution is 6.11. The van der Waals surface area contributed by atoms with Gasteiger partial charge >= 0.3 is 0 Å². The fourth-order valence-corrected chi connectivity index (χ4v) is 8.64. The van der Waals surface area contributed by atoms with E-state index in [1.165, 1.54) is 54.7 Å². The van der Waals surface area contributed by atoms with Gasteiger partial charge in [-0.1, -0.05) is 152 Å². The fourth-order valence-electron chi connectivity index (χ4n) is 8.64. The topological polar surface area (TPSA) is 22.8 Å². The predicted molar refractivity (Wildman–Crippen MR) is 235 cm³/mol. The molecule has 0 fully saturated rings. The molecule has 56 heavy (non-hydrogen) atoms. The van der Waals surface area contributed by atoms with Gasteiger partial charge in [0.15, 0.2) is 0 Å². The van der Waals surface area contributed by atoms with Gasteiger partial charge in [-0.2, -0.15) is 0 Å². The van der Waals surface area contributed by atoms with Gasteiger partial charge in [0.05, 0.1) is 44.8 Å². The molecule has 0 bridgehead atoms. The summed E-state index contributed by atoms with van der Waals surface area (Å²) in [5.41, 5.74) is 15.8. The van der Waals surface area contributed by atoms with E-state index in [-0.39, 0.29) is 0 Å². The van der Waals surface area contributed by atoms with E-state index in [1.54, 1.807) is 0 Å². The molecule has 0 saturated carbocycles. The first-order chi connectivity index (χ1) is 27.8. The lowest BCUT2D eigenvalue weighted by Crippen LogP contribution is -1.97. The third-order valence-electron chi connectivity index (χ3n) is 11.1. The van der Waals surface area contributed by atoms with Crippen molar-refractivity contribution in [3.8, 4) is 56.1 Å². The summed E-state index contributed by atoms with van der Waals surface area (Å²) in [6.45, 7) is 0. The van der Waals surface area contributed by atoms with E-state index >= 15 is 0 Å². The number of nitrogens with zero attached hydrogens (tertiary/aromatic N) is 3. The van der Waals surface area contributed by atoms with E-state index in [2.05, 4.69) is 221 Å². The second-order valence-electron chi connectivity index (χ2n) is 14.3. The smallest absolute Gasteiger partial charge is 0.0709 e. The van der Waals surface area contributed by atoms with Crippen LogP contribution < -0.4 is 0 Å². The Bertz CT molecular complexity index is 2950. The zero-order valence-electron chi connectivity index (χ0n) is 30.5. The lowest BCUT2D eigenvalue weighted by atomic mass is 9.98. The van der Waals surface area contributed by atoms with Gasteiger partial charge in [0, 0.05) is 43.8 Å². The predicted octanol–water partition coefficient (Wildman–Crippen LogP) is 13.9. The summed E-state index contributed by atoms with van der Waals surface area (Å²) in [6.07, 6.45) is 0. The molecule has 3 aromatic heterocycles. The standard InChI is InChI=1S/C53H35N3/c1-7-28-48(55-50-30-9-3-22-42(50)43-23-4-10-31-51(43)55)40(20-1)36-16-13-18-38(34-36)46-26-15-27-47(54-46)39-19-14-17-37(35-39)41-21-2-8-29-49(41)56-52-32-11-5-24-44(52)45-25-6-12-33-53(45)56/h1-35H. The number of para-hydroxylation sites is 6. The van der Waals surface area contributed by atoms with Crippen LogP contribution in [-0.2, 0) is 0 Å². The highest BCUT2D eigenvalue weighted by Gasteiger charge is 2.17. The number of benzene rings is 8. The van der Waals surface area contributed by atoms with Gasteiger partial charge in [0.25, 0.3) is 0 Å². The van der Waals surface area contributed by atoms with Crippen LogP contribution in [0.25, 0.3) is 99.8 Å². The first kappa shape index (κ1) is 32.0. The van der Waals surface area contributed by atoms with E-state index in [0.717, 1.165) is 45.0 Å². The molecule has 0 atom stereocenters. The summed E-state index contributed by atoms with van der Waals surface area (Å²) in [5.74, 6) is 0. The Labute approximate surface area is 325 Å². The van der Waals surface area contributed by atoms with Gasteiger partial charge in [0.1, 0.15) is 0 Å². The molecule has 0 aliphatic rings. The number of rotatable bonds is 6. The van der Waals surface area contributed by atoms with Gasteiger partial charge in [-0.25, -0.2) is 4.98 Å². The van der Waals surface area contributed by atoms with E-state index in [4.69, 9.17) is 4.98 Å². The van der Waals surface area contributed by atoms with Gasteiger partial charge in [-0.15, -0.1) is 0 Å². The molecule has 0 aliphatic heterocycles. The molecule has 3 nitrogen and oxygen atoms in total. The highest BCUT2D eigenvalue weighted by Crippen LogP contribution is 2.39. The van der Waals surface area contributed by atoms with Crippen LogP contribution >= 0.6 is 0 Å². The van der Waals surface area contributed by atoms with Gasteiger partial charge in [-0.3, -0.25) is 0 Å². The minimum atomic E-state index is 0.940. The van der Waals surface area contributed by atoms with Crippen molar-refractivity contribution in [3.05, 3.63) is 212 Å². The van der Waals surface area contributed by atoms with Crippen molar-refractivity contribution in [1.82, 2.24) is 14.1 Å². The molecule has 11 rings (SSSR count). The summed E-state index contributed by atoms with van der Waals surface area (Å²) in [4.78, 5) is 5.28. The summed E-state index contributed by atoms with van der Waals surface area (Å²) in [5, 5.41) is 5.03. The first-order valence-electron chi connectivity index (χ1n) is 19.1. The molecular formula is C53H35N3. The monoisotopic (exact) mass is 713 g/mol. The molecular weight excluding hydrogens is 679 g/mol. The quantitative estimate of drug-likeness (QED) is 0.168. The summed E-state index contributed by atoms with van der Waals surface area (Å²) in [7, 11) is 0. The fraction of sp³-hybridized carbons (Fsp3) is 0. The maximum atomic E-state index is 5.28. The lowest BCUT2D eigenvalue weighted by molar-refractivity contribution is 1.18. The molecule has 0 saturated heterocycles. The third kappa shape index (κ3) is 5.17. The van der Waals surface area contributed by atoms with Crippen LogP contribution in [0.3, 0.4) is 0 Å². The summed E-state index contributed by atoms with van der Waals surface area (Å²) < 4.78 is 4.80. The number of aromatic nitrogens is 3. The zero-order valence-corrected chi connectivity index (χ0v) is 30.5.